The van der Waals surface area contributed by atoms with Gasteiger partial charge in [-0.2, -0.15) is 5.26 Å². The van der Waals surface area contributed by atoms with E-state index in [2.05, 4.69) is 6.07 Å². The third kappa shape index (κ3) is 1.26. The summed E-state index contributed by atoms with van der Waals surface area (Å²) in [6.45, 7) is 1.98. The largest absolute Gasteiger partial charge is 0.459 e. The van der Waals surface area contributed by atoms with Crippen molar-refractivity contribution in [2.24, 2.45) is 0 Å². The molecule has 1 heterocycles. The normalized spacial score (nSPS) is 10.4. The number of aryl methyl sites for hydroxylation is 1. The second-order valence-electron chi connectivity index (χ2n) is 3.02. The van der Waals surface area contributed by atoms with Crippen LogP contribution in [0, 0.1) is 11.3 Å². The standard InChI is InChI=1S/C11H8ClNO/c1-2-9-11(12)8-5-7(6-13)3-4-10(8)14-9/h3-5H,2H2,1H3. The topological polar surface area (TPSA) is 36.9 Å². The van der Waals surface area contributed by atoms with Crippen molar-refractivity contribution in [3.63, 3.8) is 0 Å². The van der Waals surface area contributed by atoms with Gasteiger partial charge in [0.05, 0.1) is 16.7 Å². The van der Waals surface area contributed by atoms with Crippen molar-refractivity contribution in [3.8, 4) is 6.07 Å². The third-order valence-electron chi connectivity index (χ3n) is 2.14. The van der Waals surface area contributed by atoms with Gasteiger partial charge in [-0.1, -0.05) is 18.5 Å². The number of fused-ring (bicyclic) bond motifs is 1. The van der Waals surface area contributed by atoms with E-state index >= 15 is 0 Å². The van der Waals surface area contributed by atoms with Gasteiger partial charge in [-0.25, -0.2) is 0 Å². The molecule has 0 radical (unpaired) electrons. The minimum absolute atomic E-state index is 0.600. The Labute approximate surface area is 86.7 Å². The molecule has 0 saturated carbocycles. The molecule has 70 valence electrons. The number of nitriles is 1. The fraction of sp³-hybridized carbons (Fsp3) is 0.182. The van der Waals surface area contributed by atoms with Gasteiger partial charge in [-0.05, 0) is 18.2 Å². The number of hydrogen-bond acceptors (Lipinski definition) is 2. The van der Waals surface area contributed by atoms with Gasteiger partial charge in [-0.15, -0.1) is 0 Å². The van der Waals surface area contributed by atoms with Crippen LogP contribution in [0.25, 0.3) is 11.0 Å². The molecule has 1 aromatic heterocycles. The van der Waals surface area contributed by atoms with Crippen LogP contribution < -0.4 is 0 Å². The van der Waals surface area contributed by atoms with Crippen molar-refractivity contribution in [3.05, 3.63) is 34.5 Å². The average molecular weight is 206 g/mol. The lowest BCUT2D eigenvalue weighted by atomic mass is 10.2. The molecule has 2 nitrogen and oxygen atoms in total. The Morgan fingerprint density at radius 1 is 1.50 bits per heavy atom. The predicted molar refractivity (Wildman–Crippen MR) is 55.3 cm³/mol. The van der Waals surface area contributed by atoms with Gasteiger partial charge in [0.15, 0.2) is 0 Å². The average Bonchev–Trinajstić information content (AvgIpc) is 2.55. The molecule has 0 aliphatic rings. The van der Waals surface area contributed by atoms with Crippen LogP contribution in [0.5, 0.6) is 0 Å². The quantitative estimate of drug-likeness (QED) is 0.714. The molecule has 0 N–H and O–H groups in total. The lowest BCUT2D eigenvalue weighted by molar-refractivity contribution is 0.557. The Morgan fingerprint density at radius 2 is 2.29 bits per heavy atom. The maximum Gasteiger partial charge on any atom is 0.135 e. The van der Waals surface area contributed by atoms with E-state index in [-0.39, 0.29) is 0 Å². The van der Waals surface area contributed by atoms with Gasteiger partial charge in [0.25, 0.3) is 0 Å². The Balaban J connectivity index is 2.75. The zero-order valence-electron chi connectivity index (χ0n) is 7.67. The first-order valence-corrected chi connectivity index (χ1v) is 4.75. The molecule has 3 heteroatoms. The molecule has 0 unspecified atom stereocenters. The summed E-state index contributed by atoms with van der Waals surface area (Å²) in [7, 11) is 0. The third-order valence-corrected chi connectivity index (χ3v) is 2.56. The number of halogens is 1. The summed E-state index contributed by atoms with van der Waals surface area (Å²) < 4.78 is 5.51. The van der Waals surface area contributed by atoms with Gasteiger partial charge >= 0.3 is 0 Å². The summed E-state index contributed by atoms with van der Waals surface area (Å²) in [5, 5.41) is 10.2. The molecule has 0 amide bonds. The molecule has 14 heavy (non-hydrogen) atoms. The molecule has 0 bridgehead atoms. The minimum Gasteiger partial charge on any atom is -0.459 e. The molecular formula is C11H8ClNO. The van der Waals surface area contributed by atoms with Crippen LogP contribution in [0.4, 0.5) is 0 Å². The van der Waals surface area contributed by atoms with E-state index < -0.39 is 0 Å². The molecule has 0 atom stereocenters. The molecule has 0 spiro atoms. The summed E-state index contributed by atoms with van der Waals surface area (Å²) in [6.07, 6.45) is 0.759. The van der Waals surface area contributed by atoms with Crippen molar-refractivity contribution in [1.29, 1.82) is 5.26 Å². The summed E-state index contributed by atoms with van der Waals surface area (Å²) in [5.41, 5.74) is 1.34. The highest BCUT2D eigenvalue weighted by Crippen LogP contribution is 2.31. The van der Waals surface area contributed by atoms with E-state index in [1.807, 2.05) is 6.92 Å². The maximum absolute atomic E-state index is 8.73. The number of nitrogens with zero attached hydrogens (tertiary/aromatic N) is 1. The fourth-order valence-corrected chi connectivity index (χ4v) is 1.74. The molecule has 2 aromatic rings. The van der Waals surface area contributed by atoms with E-state index in [0.29, 0.717) is 10.6 Å². The van der Waals surface area contributed by atoms with Crippen molar-refractivity contribution in [2.75, 3.05) is 0 Å². The smallest absolute Gasteiger partial charge is 0.135 e. The van der Waals surface area contributed by atoms with E-state index in [9.17, 15) is 0 Å². The van der Waals surface area contributed by atoms with Gasteiger partial charge in [0.2, 0.25) is 0 Å². The van der Waals surface area contributed by atoms with Crippen molar-refractivity contribution < 1.29 is 4.42 Å². The van der Waals surface area contributed by atoms with Gasteiger partial charge in [0.1, 0.15) is 11.3 Å². The van der Waals surface area contributed by atoms with E-state index in [1.165, 1.54) is 0 Å². The van der Waals surface area contributed by atoms with Gasteiger partial charge in [0, 0.05) is 11.8 Å². The van der Waals surface area contributed by atoms with E-state index in [0.717, 1.165) is 23.2 Å². The minimum atomic E-state index is 0.600. The molecular weight excluding hydrogens is 198 g/mol. The molecule has 0 fully saturated rings. The number of rotatable bonds is 1. The monoisotopic (exact) mass is 205 g/mol. The zero-order valence-corrected chi connectivity index (χ0v) is 8.43. The van der Waals surface area contributed by atoms with Gasteiger partial charge < -0.3 is 4.42 Å². The Kier molecular flexibility index (Phi) is 2.18. The Bertz CT molecular complexity index is 522. The molecule has 1 aromatic carbocycles. The highest BCUT2D eigenvalue weighted by molar-refractivity contribution is 6.36. The van der Waals surface area contributed by atoms with Crippen molar-refractivity contribution >= 4 is 22.6 Å². The summed E-state index contributed by atoms with van der Waals surface area (Å²) in [5.74, 6) is 0.775. The van der Waals surface area contributed by atoms with Crippen LogP contribution in [0.2, 0.25) is 5.02 Å². The van der Waals surface area contributed by atoms with Crippen LogP contribution in [0.3, 0.4) is 0 Å². The lowest BCUT2D eigenvalue weighted by Gasteiger charge is -1.88. The zero-order chi connectivity index (χ0) is 10.1. The van der Waals surface area contributed by atoms with Gasteiger partial charge in [-0.3, -0.25) is 0 Å². The highest BCUT2D eigenvalue weighted by Gasteiger charge is 2.10. The second-order valence-corrected chi connectivity index (χ2v) is 3.39. The van der Waals surface area contributed by atoms with Crippen LogP contribution in [0.1, 0.15) is 18.2 Å². The lowest BCUT2D eigenvalue weighted by Crippen LogP contribution is -1.73. The van der Waals surface area contributed by atoms with Crippen molar-refractivity contribution in [1.82, 2.24) is 0 Å². The molecule has 0 aliphatic carbocycles. The summed E-state index contributed by atoms with van der Waals surface area (Å²) >= 11 is 6.08. The maximum atomic E-state index is 8.73. The summed E-state index contributed by atoms with van der Waals surface area (Å²) in [6, 6.07) is 7.32. The fourth-order valence-electron chi connectivity index (χ4n) is 1.42. The van der Waals surface area contributed by atoms with E-state index in [1.54, 1.807) is 18.2 Å². The first-order chi connectivity index (χ1) is 6.76. The molecule has 0 aliphatic heterocycles. The van der Waals surface area contributed by atoms with Crippen LogP contribution >= 0.6 is 11.6 Å². The number of hydrogen-bond donors (Lipinski definition) is 0. The predicted octanol–water partition coefficient (Wildman–Crippen LogP) is 3.52. The van der Waals surface area contributed by atoms with Crippen LogP contribution in [-0.4, -0.2) is 0 Å². The molecule has 2 rings (SSSR count). The van der Waals surface area contributed by atoms with Crippen LogP contribution in [-0.2, 0) is 6.42 Å². The SMILES string of the molecule is CCc1oc2ccc(C#N)cc2c1Cl. The first-order valence-electron chi connectivity index (χ1n) is 4.37. The molecule has 0 saturated heterocycles. The second kappa shape index (κ2) is 3.36. The Morgan fingerprint density at radius 3 is 2.93 bits per heavy atom. The highest BCUT2D eigenvalue weighted by atomic mass is 35.5. The van der Waals surface area contributed by atoms with Crippen molar-refractivity contribution in [2.45, 2.75) is 13.3 Å². The Hall–Kier alpha value is -1.46. The first kappa shape index (κ1) is 9.11. The van der Waals surface area contributed by atoms with Crippen LogP contribution in [0.15, 0.2) is 22.6 Å². The summed E-state index contributed by atoms with van der Waals surface area (Å²) in [4.78, 5) is 0. The number of benzene rings is 1. The van der Waals surface area contributed by atoms with E-state index in [4.69, 9.17) is 21.3 Å². The number of furan rings is 1.